The van der Waals surface area contributed by atoms with Crippen molar-refractivity contribution in [3.63, 3.8) is 0 Å². The van der Waals surface area contributed by atoms with E-state index in [1.165, 1.54) is 18.2 Å². The minimum atomic E-state index is -0.714. The lowest BCUT2D eigenvalue weighted by atomic mass is 9.85. The molecule has 2 aliphatic heterocycles. The van der Waals surface area contributed by atoms with E-state index < -0.39 is 17.5 Å². The summed E-state index contributed by atoms with van der Waals surface area (Å²) in [6, 6.07) is 13.3. The highest BCUT2D eigenvalue weighted by Gasteiger charge is 2.53. The summed E-state index contributed by atoms with van der Waals surface area (Å²) in [5.74, 6) is -1.00. The lowest BCUT2D eigenvalue weighted by Gasteiger charge is -2.44. The molecule has 1 N–H and O–H groups in total. The number of anilines is 1. The Balaban J connectivity index is 1.48. The van der Waals surface area contributed by atoms with Crippen LogP contribution in [0.15, 0.2) is 48.5 Å². The Labute approximate surface area is 205 Å². The summed E-state index contributed by atoms with van der Waals surface area (Å²) in [6.45, 7) is 6.74. The van der Waals surface area contributed by atoms with Crippen molar-refractivity contribution in [1.82, 2.24) is 15.1 Å². The molecule has 2 saturated heterocycles. The summed E-state index contributed by atoms with van der Waals surface area (Å²) in [6.07, 6.45) is 1.04. The van der Waals surface area contributed by atoms with Gasteiger partial charge < -0.3 is 20.0 Å². The topological polar surface area (TPSA) is 73.0 Å². The molecule has 1 unspecified atom stereocenters. The van der Waals surface area contributed by atoms with Crippen molar-refractivity contribution in [2.75, 3.05) is 31.7 Å². The van der Waals surface area contributed by atoms with Crippen molar-refractivity contribution >= 4 is 23.4 Å². The third-order valence-corrected chi connectivity index (χ3v) is 7.22. The summed E-state index contributed by atoms with van der Waals surface area (Å²) >= 11 is 0. The van der Waals surface area contributed by atoms with Crippen LogP contribution in [0.25, 0.3) is 0 Å². The molecule has 2 aromatic carbocycles. The van der Waals surface area contributed by atoms with Gasteiger partial charge in [-0.2, -0.15) is 0 Å². The maximum absolute atomic E-state index is 13.6. The maximum Gasteiger partial charge on any atom is 0.251 e. The van der Waals surface area contributed by atoms with Crippen LogP contribution in [0.1, 0.15) is 42.6 Å². The van der Waals surface area contributed by atoms with Crippen molar-refractivity contribution in [2.45, 2.75) is 45.2 Å². The van der Waals surface area contributed by atoms with E-state index in [0.29, 0.717) is 43.7 Å². The summed E-state index contributed by atoms with van der Waals surface area (Å²) in [7, 11) is 1.81. The van der Waals surface area contributed by atoms with E-state index in [1.807, 2.05) is 51.2 Å². The molecule has 0 aromatic heterocycles. The Morgan fingerprint density at radius 2 is 1.71 bits per heavy atom. The van der Waals surface area contributed by atoms with Crippen molar-refractivity contribution in [3.05, 3.63) is 65.5 Å². The Bertz CT molecular complexity index is 1110. The molecule has 0 radical (unpaired) electrons. The molecule has 1 atom stereocenters. The zero-order valence-corrected chi connectivity index (χ0v) is 20.8. The van der Waals surface area contributed by atoms with Crippen LogP contribution in [0.4, 0.5) is 10.1 Å². The fraction of sp³-hybridized carbons (Fsp3) is 0.444. The highest BCUT2D eigenvalue weighted by atomic mass is 19.1. The monoisotopic (exact) mass is 480 g/mol. The minimum Gasteiger partial charge on any atom is -0.341 e. The molecular weight excluding hydrogens is 447 g/mol. The lowest BCUT2D eigenvalue weighted by Crippen LogP contribution is -2.60. The molecule has 0 aliphatic carbocycles. The predicted molar refractivity (Wildman–Crippen MR) is 132 cm³/mol. The number of amides is 3. The Morgan fingerprint density at radius 3 is 2.31 bits per heavy atom. The molecule has 35 heavy (non-hydrogen) atoms. The number of hydrogen-bond acceptors (Lipinski definition) is 4. The van der Waals surface area contributed by atoms with Gasteiger partial charge in [0.1, 0.15) is 17.4 Å². The fourth-order valence-corrected chi connectivity index (χ4v) is 5.12. The van der Waals surface area contributed by atoms with Gasteiger partial charge in [0.2, 0.25) is 11.8 Å². The van der Waals surface area contributed by atoms with Crippen LogP contribution in [-0.2, 0) is 9.59 Å². The normalized spacial score (nSPS) is 18.3. The average Bonchev–Trinajstić information content (AvgIpc) is 3.09. The molecule has 0 saturated carbocycles. The van der Waals surface area contributed by atoms with E-state index in [-0.39, 0.29) is 23.5 Å². The first kappa shape index (κ1) is 24.7. The number of nitrogens with one attached hydrogen (secondary N) is 1. The summed E-state index contributed by atoms with van der Waals surface area (Å²) < 4.78 is 13.6. The van der Waals surface area contributed by atoms with Gasteiger partial charge in [0.05, 0.1) is 6.67 Å². The number of aryl methyl sites for hydroxylation is 1. The zero-order chi connectivity index (χ0) is 25.3. The van der Waals surface area contributed by atoms with E-state index in [4.69, 9.17) is 0 Å². The molecule has 4 rings (SSSR count). The van der Waals surface area contributed by atoms with Crippen LogP contribution in [-0.4, -0.2) is 65.9 Å². The largest absolute Gasteiger partial charge is 0.341 e. The van der Waals surface area contributed by atoms with E-state index >= 15 is 0 Å². The lowest BCUT2D eigenvalue weighted by molar-refractivity contribution is -0.139. The predicted octanol–water partition coefficient (Wildman–Crippen LogP) is 3.19. The first-order valence-electron chi connectivity index (χ1n) is 12.1. The number of nitrogens with zero attached hydrogens (tertiary/aromatic N) is 3. The van der Waals surface area contributed by atoms with Crippen LogP contribution in [0, 0.1) is 18.7 Å². The average molecular weight is 481 g/mol. The number of hydrogen-bond donors (Lipinski definition) is 1. The van der Waals surface area contributed by atoms with Gasteiger partial charge >= 0.3 is 0 Å². The molecule has 1 spiro atoms. The van der Waals surface area contributed by atoms with Crippen molar-refractivity contribution in [2.24, 2.45) is 5.92 Å². The number of benzene rings is 2. The van der Waals surface area contributed by atoms with Crippen molar-refractivity contribution in [1.29, 1.82) is 0 Å². The van der Waals surface area contributed by atoms with Crippen LogP contribution < -0.4 is 10.2 Å². The number of likely N-dealkylation sites (tertiary alicyclic amines) is 1. The van der Waals surface area contributed by atoms with Gasteiger partial charge in [-0.05, 0) is 61.6 Å². The number of carbonyl (C=O) groups excluding carboxylic acids is 3. The number of rotatable bonds is 5. The summed E-state index contributed by atoms with van der Waals surface area (Å²) in [5, 5.41) is 2.85. The second kappa shape index (κ2) is 9.68. The minimum absolute atomic E-state index is 0.0776. The van der Waals surface area contributed by atoms with E-state index in [1.54, 1.807) is 16.7 Å². The van der Waals surface area contributed by atoms with Gasteiger partial charge in [0, 0.05) is 31.4 Å². The van der Waals surface area contributed by atoms with Crippen molar-refractivity contribution < 1.29 is 18.8 Å². The van der Waals surface area contributed by atoms with Crippen molar-refractivity contribution in [3.8, 4) is 0 Å². The first-order valence-corrected chi connectivity index (χ1v) is 12.1. The molecule has 2 heterocycles. The van der Waals surface area contributed by atoms with Gasteiger partial charge in [-0.3, -0.25) is 14.4 Å². The van der Waals surface area contributed by atoms with E-state index in [0.717, 1.165) is 5.69 Å². The van der Waals surface area contributed by atoms with E-state index in [9.17, 15) is 18.8 Å². The number of likely N-dealkylation sites (N-methyl/N-ethyl adjacent to an activating group) is 1. The van der Waals surface area contributed by atoms with Gasteiger partial charge in [-0.1, -0.05) is 32.0 Å². The molecule has 8 heteroatoms. The molecular formula is C27H33FN4O3. The van der Waals surface area contributed by atoms with Crippen LogP contribution in [0.2, 0.25) is 0 Å². The molecule has 0 bridgehead atoms. The molecule has 3 amide bonds. The third kappa shape index (κ3) is 4.61. The molecule has 7 nitrogen and oxygen atoms in total. The number of halogens is 1. The van der Waals surface area contributed by atoms with Crippen LogP contribution in [0.3, 0.4) is 0 Å². The van der Waals surface area contributed by atoms with Crippen LogP contribution >= 0.6 is 0 Å². The number of piperidine rings is 1. The smallest absolute Gasteiger partial charge is 0.251 e. The molecule has 2 aliphatic rings. The Hall–Kier alpha value is -3.42. The van der Waals surface area contributed by atoms with Gasteiger partial charge in [-0.25, -0.2) is 4.39 Å². The number of para-hydroxylation sites is 1. The van der Waals surface area contributed by atoms with Gasteiger partial charge in [0.15, 0.2) is 0 Å². The summed E-state index contributed by atoms with van der Waals surface area (Å²) in [4.78, 5) is 45.2. The molecule has 186 valence electrons. The SMILES string of the molecule is Cc1cc(C(=O)NC(C(=O)N2CCC3(CC2)C(=O)N(C)CN3c2ccccc2)C(C)C)ccc1F. The maximum atomic E-state index is 13.6. The molecule has 2 aromatic rings. The second-order valence-corrected chi connectivity index (χ2v) is 9.92. The first-order chi connectivity index (χ1) is 16.6. The van der Waals surface area contributed by atoms with Gasteiger partial charge in [0.25, 0.3) is 5.91 Å². The highest BCUT2D eigenvalue weighted by molar-refractivity contribution is 5.98. The standard InChI is InChI=1S/C27H33FN4O3/c1-18(2)23(29-24(33)20-10-11-22(28)19(3)16-20)25(34)31-14-12-27(13-15-31)26(35)30(4)17-32(27)21-8-6-5-7-9-21/h5-11,16,18,23H,12-15,17H2,1-4H3,(H,29,33). The fourth-order valence-electron chi connectivity index (χ4n) is 5.12. The van der Waals surface area contributed by atoms with Crippen LogP contribution in [0.5, 0.6) is 0 Å². The zero-order valence-electron chi connectivity index (χ0n) is 20.8. The van der Waals surface area contributed by atoms with E-state index in [2.05, 4.69) is 10.2 Å². The summed E-state index contributed by atoms with van der Waals surface area (Å²) in [5.41, 5.74) is 1.01. The third-order valence-electron chi connectivity index (χ3n) is 7.22. The number of carbonyl (C=O) groups is 3. The quantitative estimate of drug-likeness (QED) is 0.714. The second-order valence-electron chi connectivity index (χ2n) is 9.92. The van der Waals surface area contributed by atoms with Gasteiger partial charge in [-0.15, -0.1) is 0 Å². The Morgan fingerprint density at radius 1 is 1.06 bits per heavy atom. The Kier molecular flexibility index (Phi) is 6.83. The highest BCUT2D eigenvalue weighted by Crippen LogP contribution is 2.39. The molecule has 2 fully saturated rings.